The van der Waals surface area contributed by atoms with Gasteiger partial charge >= 0.3 is 18.1 Å². The van der Waals surface area contributed by atoms with E-state index in [-0.39, 0.29) is 0 Å². The molecule has 0 spiro atoms. The standard InChI is InChI=1S/C7H8F3NO4/c8-7(9,10)3-1(2(3)5(12)13)4(11)6(14)15/h1-4H,11H2,(H,12,13)(H,14,15)/t1-,2-,3-,4?/m0/s1. The monoisotopic (exact) mass is 227 g/mol. The Bertz CT molecular complexity index is 303. The van der Waals surface area contributed by atoms with Crippen LogP contribution in [0.1, 0.15) is 0 Å². The van der Waals surface area contributed by atoms with Crippen molar-refractivity contribution in [1.82, 2.24) is 0 Å². The van der Waals surface area contributed by atoms with Gasteiger partial charge in [-0.3, -0.25) is 9.59 Å². The van der Waals surface area contributed by atoms with Crippen molar-refractivity contribution in [3.05, 3.63) is 0 Å². The quantitative estimate of drug-likeness (QED) is 0.625. The summed E-state index contributed by atoms with van der Waals surface area (Å²) in [5, 5.41) is 16.8. The van der Waals surface area contributed by atoms with Crippen LogP contribution in [0.25, 0.3) is 0 Å². The van der Waals surface area contributed by atoms with Gasteiger partial charge in [0.05, 0.1) is 11.8 Å². The maximum absolute atomic E-state index is 12.2. The second-order valence-corrected chi connectivity index (χ2v) is 3.37. The number of alkyl halides is 3. The smallest absolute Gasteiger partial charge is 0.393 e. The first-order valence-electron chi connectivity index (χ1n) is 3.96. The van der Waals surface area contributed by atoms with E-state index in [1.165, 1.54) is 0 Å². The van der Waals surface area contributed by atoms with Crippen LogP contribution in [-0.4, -0.2) is 34.4 Å². The molecule has 1 aliphatic carbocycles. The van der Waals surface area contributed by atoms with Crippen LogP contribution in [0.5, 0.6) is 0 Å². The van der Waals surface area contributed by atoms with Crippen LogP contribution in [0.3, 0.4) is 0 Å². The second-order valence-electron chi connectivity index (χ2n) is 3.37. The molecule has 4 N–H and O–H groups in total. The van der Waals surface area contributed by atoms with Gasteiger partial charge in [-0.1, -0.05) is 0 Å². The zero-order valence-corrected chi connectivity index (χ0v) is 7.23. The van der Waals surface area contributed by atoms with Gasteiger partial charge in [0.1, 0.15) is 6.04 Å². The van der Waals surface area contributed by atoms with Gasteiger partial charge in [0.25, 0.3) is 0 Å². The topological polar surface area (TPSA) is 101 Å². The molecule has 0 bridgehead atoms. The summed E-state index contributed by atoms with van der Waals surface area (Å²) in [6.45, 7) is 0. The highest BCUT2D eigenvalue weighted by Gasteiger charge is 2.70. The van der Waals surface area contributed by atoms with E-state index in [0.29, 0.717) is 0 Å². The molecule has 1 saturated carbocycles. The number of nitrogens with two attached hydrogens (primary N) is 1. The van der Waals surface area contributed by atoms with Gasteiger partial charge < -0.3 is 15.9 Å². The Morgan fingerprint density at radius 2 is 1.73 bits per heavy atom. The first-order chi connectivity index (χ1) is 6.68. The minimum absolute atomic E-state index is 1.57. The predicted octanol–water partition coefficient (Wildman–Crippen LogP) is -0.0926. The van der Waals surface area contributed by atoms with Crippen molar-refractivity contribution >= 4 is 11.9 Å². The number of carboxylic acids is 2. The third kappa shape index (κ3) is 2.04. The fourth-order valence-corrected chi connectivity index (χ4v) is 1.69. The summed E-state index contributed by atoms with van der Waals surface area (Å²) in [7, 11) is 0. The zero-order chi connectivity index (χ0) is 12.0. The van der Waals surface area contributed by atoms with E-state index in [9.17, 15) is 22.8 Å². The Labute approximate surface area is 81.7 Å². The lowest BCUT2D eigenvalue weighted by atomic mass is 10.1. The molecule has 1 rings (SSSR count). The van der Waals surface area contributed by atoms with Crippen LogP contribution in [0.15, 0.2) is 0 Å². The van der Waals surface area contributed by atoms with Crippen LogP contribution in [-0.2, 0) is 9.59 Å². The molecule has 0 amide bonds. The largest absolute Gasteiger partial charge is 0.481 e. The number of halogens is 3. The number of carboxylic acid groups (broad SMARTS) is 2. The molecule has 0 saturated heterocycles. The summed E-state index contributed by atoms with van der Waals surface area (Å²) in [5.41, 5.74) is 4.97. The highest BCUT2D eigenvalue weighted by atomic mass is 19.4. The Balaban J connectivity index is 2.83. The lowest BCUT2D eigenvalue weighted by Gasteiger charge is -2.07. The number of rotatable bonds is 3. The summed E-state index contributed by atoms with van der Waals surface area (Å²) in [6.07, 6.45) is -4.72. The second kappa shape index (κ2) is 3.37. The van der Waals surface area contributed by atoms with E-state index in [2.05, 4.69) is 0 Å². The molecule has 0 aromatic carbocycles. The van der Waals surface area contributed by atoms with Gasteiger partial charge in [-0.05, 0) is 0 Å². The van der Waals surface area contributed by atoms with E-state index in [4.69, 9.17) is 15.9 Å². The molecular weight excluding hydrogens is 219 g/mol. The van der Waals surface area contributed by atoms with Crippen molar-refractivity contribution in [1.29, 1.82) is 0 Å². The summed E-state index contributed by atoms with van der Waals surface area (Å²) in [5.74, 6) is -8.76. The van der Waals surface area contributed by atoms with Crippen molar-refractivity contribution in [2.24, 2.45) is 23.5 Å². The van der Waals surface area contributed by atoms with Gasteiger partial charge in [0, 0.05) is 5.92 Å². The van der Waals surface area contributed by atoms with Gasteiger partial charge in [0.2, 0.25) is 0 Å². The molecule has 4 atom stereocenters. The molecule has 5 nitrogen and oxygen atoms in total. The summed E-state index contributed by atoms with van der Waals surface area (Å²) in [4.78, 5) is 20.7. The van der Waals surface area contributed by atoms with Gasteiger partial charge in [0.15, 0.2) is 0 Å². The van der Waals surface area contributed by atoms with Gasteiger partial charge in [-0.15, -0.1) is 0 Å². The molecular formula is C7H8F3NO4. The van der Waals surface area contributed by atoms with E-state index >= 15 is 0 Å². The fraction of sp³-hybridized carbons (Fsp3) is 0.714. The minimum Gasteiger partial charge on any atom is -0.481 e. The lowest BCUT2D eigenvalue weighted by molar-refractivity contribution is -0.162. The molecule has 1 fully saturated rings. The van der Waals surface area contributed by atoms with Gasteiger partial charge in [-0.2, -0.15) is 13.2 Å². The first-order valence-corrected chi connectivity index (χ1v) is 3.96. The lowest BCUT2D eigenvalue weighted by Crippen LogP contribution is -2.35. The summed E-state index contributed by atoms with van der Waals surface area (Å²) < 4.78 is 36.6. The average molecular weight is 227 g/mol. The van der Waals surface area contributed by atoms with Crippen LogP contribution >= 0.6 is 0 Å². The third-order valence-corrected chi connectivity index (χ3v) is 2.44. The first kappa shape index (κ1) is 11.8. The van der Waals surface area contributed by atoms with E-state index in [1.807, 2.05) is 0 Å². The van der Waals surface area contributed by atoms with E-state index < -0.39 is 41.9 Å². The normalized spacial score (nSPS) is 32.1. The average Bonchev–Trinajstić information content (AvgIpc) is 2.75. The zero-order valence-electron chi connectivity index (χ0n) is 7.23. The van der Waals surface area contributed by atoms with Crippen LogP contribution in [0.2, 0.25) is 0 Å². The van der Waals surface area contributed by atoms with Crippen molar-refractivity contribution in [2.75, 3.05) is 0 Å². The summed E-state index contributed by atoms with van der Waals surface area (Å²) in [6, 6.07) is -1.79. The van der Waals surface area contributed by atoms with Crippen molar-refractivity contribution in [2.45, 2.75) is 12.2 Å². The Hall–Kier alpha value is -1.31. The molecule has 1 aliphatic rings. The Morgan fingerprint density at radius 3 is 1.93 bits per heavy atom. The van der Waals surface area contributed by atoms with E-state index in [1.54, 1.807) is 0 Å². The van der Waals surface area contributed by atoms with Gasteiger partial charge in [-0.25, -0.2) is 0 Å². The highest BCUT2D eigenvalue weighted by Crippen LogP contribution is 2.56. The van der Waals surface area contributed by atoms with Crippen LogP contribution < -0.4 is 5.73 Å². The minimum atomic E-state index is -4.72. The number of carbonyl (C=O) groups is 2. The number of aliphatic carboxylic acids is 2. The predicted molar refractivity (Wildman–Crippen MR) is 39.8 cm³/mol. The maximum atomic E-state index is 12.2. The molecule has 0 heterocycles. The van der Waals surface area contributed by atoms with Crippen LogP contribution in [0.4, 0.5) is 13.2 Å². The molecule has 0 aromatic heterocycles. The maximum Gasteiger partial charge on any atom is 0.393 e. The van der Waals surface area contributed by atoms with Crippen LogP contribution in [0, 0.1) is 17.8 Å². The van der Waals surface area contributed by atoms with E-state index in [0.717, 1.165) is 0 Å². The van der Waals surface area contributed by atoms with Crippen molar-refractivity contribution in [3.63, 3.8) is 0 Å². The van der Waals surface area contributed by atoms with Crippen molar-refractivity contribution in [3.8, 4) is 0 Å². The molecule has 15 heavy (non-hydrogen) atoms. The molecule has 0 aliphatic heterocycles. The molecule has 0 aromatic rings. The van der Waals surface area contributed by atoms with Crippen molar-refractivity contribution < 1.29 is 33.0 Å². The number of hydrogen-bond acceptors (Lipinski definition) is 3. The molecule has 8 heteroatoms. The third-order valence-electron chi connectivity index (χ3n) is 2.44. The number of hydrogen-bond donors (Lipinski definition) is 3. The SMILES string of the molecule is NC(C(=O)O)[C@H]1[C@H](C(=O)O)[C@H]1C(F)(F)F. The molecule has 0 radical (unpaired) electrons. The summed E-state index contributed by atoms with van der Waals surface area (Å²) >= 11 is 0. The fourth-order valence-electron chi connectivity index (χ4n) is 1.69. The molecule has 1 unspecified atom stereocenters. The highest BCUT2D eigenvalue weighted by molar-refractivity contribution is 5.80. The Morgan fingerprint density at radius 1 is 1.27 bits per heavy atom. The molecule has 86 valence electrons. The Kier molecular flexibility index (Phi) is 2.64.